The highest BCUT2D eigenvalue weighted by atomic mass is 19.3. The van der Waals surface area contributed by atoms with Crippen LogP contribution >= 0.6 is 0 Å². The Kier molecular flexibility index (Phi) is 9.31. The monoisotopic (exact) mass is 312 g/mol. The molecule has 0 aliphatic heterocycles. The van der Waals surface area contributed by atoms with Crippen molar-refractivity contribution in [2.45, 2.75) is 104 Å². The standard InChI is InChI=1S/C20H37FO/c1-5-10-18-12-8-11-17(2)19(15-9-13-18)14-6-7-16-20(3,4)22-21/h10,17,19H,5-9,11-16H2,1-4H3/b18-10+. The van der Waals surface area contributed by atoms with Crippen LogP contribution in [0.25, 0.3) is 0 Å². The van der Waals surface area contributed by atoms with E-state index in [1.807, 2.05) is 13.8 Å². The first-order valence-electron chi connectivity index (χ1n) is 9.46. The van der Waals surface area contributed by atoms with E-state index in [4.69, 9.17) is 0 Å². The number of hydrogen-bond donors (Lipinski definition) is 0. The predicted octanol–water partition coefficient (Wildman–Crippen LogP) is 7.17. The van der Waals surface area contributed by atoms with Crippen LogP contribution in [0.2, 0.25) is 0 Å². The maximum atomic E-state index is 12.4. The molecule has 22 heavy (non-hydrogen) atoms. The Morgan fingerprint density at radius 1 is 1.18 bits per heavy atom. The zero-order valence-electron chi connectivity index (χ0n) is 15.3. The highest BCUT2D eigenvalue weighted by Gasteiger charge is 2.21. The maximum Gasteiger partial charge on any atom is 0.103 e. The van der Waals surface area contributed by atoms with E-state index < -0.39 is 5.60 Å². The van der Waals surface area contributed by atoms with Crippen LogP contribution in [0.4, 0.5) is 4.53 Å². The van der Waals surface area contributed by atoms with Crippen molar-refractivity contribution in [2.75, 3.05) is 0 Å². The van der Waals surface area contributed by atoms with Crippen molar-refractivity contribution in [3.8, 4) is 0 Å². The third-order valence-electron chi connectivity index (χ3n) is 5.34. The summed E-state index contributed by atoms with van der Waals surface area (Å²) >= 11 is 0. The average molecular weight is 313 g/mol. The van der Waals surface area contributed by atoms with Crippen molar-refractivity contribution >= 4 is 0 Å². The second-order valence-electron chi connectivity index (χ2n) is 7.88. The van der Waals surface area contributed by atoms with Crippen LogP contribution in [0.15, 0.2) is 11.6 Å². The lowest BCUT2D eigenvalue weighted by atomic mass is 9.83. The molecule has 0 bridgehead atoms. The highest BCUT2D eigenvalue weighted by molar-refractivity contribution is 5.02. The summed E-state index contributed by atoms with van der Waals surface area (Å²) in [5.74, 6) is 1.70. The van der Waals surface area contributed by atoms with Crippen LogP contribution in [0.5, 0.6) is 0 Å². The minimum Gasteiger partial charge on any atom is -0.188 e. The van der Waals surface area contributed by atoms with Gasteiger partial charge in [0.25, 0.3) is 0 Å². The number of unbranched alkanes of at least 4 members (excludes halogenated alkanes) is 1. The number of allylic oxidation sites excluding steroid dienone is 2. The van der Waals surface area contributed by atoms with Crippen LogP contribution in [-0.4, -0.2) is 5.60 Å². The topological polar surface area (TPSA) is 9.23 Å². The summed E-state index contributed by atoms with van der Waals surface area (Å²) in [6, 6.07) is 0. The van der Waals surface area contributed by atoms with Crippen molar-refractivity contribution in [3.05, 3.63) is 11.6 Å². The van der Waals surface area contributed by atoms with Gasteiger partial charge in [-0.25, -0.2) is 0 Å². The first-order valence-corrected chi connectivity index (χ1v) is 9.46. The van der Waals surface area contributed by atoms with Gasteiger partial charge in [0.2, 0.25) is 0 Å². The third kappa shape index (κ3) is 7.76. The first kappa shape index (κ1) is 19.7. The molecule has 0 aromatic heterocycles. The third-order valence-corrected chi connectivity index (χ3v) is 5.34. The van der Waals surface area contributed by atoms with E-state index in [0.717, 1.165) is 24.7 Å². The van der Waals surface area contributed by atoms with Crippen molar-refractivity contribution in [1.29, 1.82) is 0 Å². The Morgan fingerprint density at radius 2 is 1.86 bits per heavy atom. The molecule has 0 N–H and O–H groups in total. The van der Waals surface area contributed by atoms with Gasteiger partial charge in [-0.1, -0.05) is 51.2 Å². The Hall–Kier alpha value is -0.370. The minimum absolute atomic E-state index is 0.607. The van der Waals surface area contributed by atoms with Gasteiger partial charge in [0.1, 0.15) is 5.60 Å². The lowest BCUT2D eigenvalue weighted by molar-refractivity contribution is -0.224. The number of rotatable bonds is 7. The Balaban J connectivity index is 2.37. The molecule has 0 amide bonds. The van der Waals surface area contributed by atoms with Gasteiger partial charge in [-0.2, -0.15) is 4.94 Å². The molecule has 0 heterocycles. The molecule has 130 valence electrons. The Morgan fingerprint density at radius 3 is 2.50 bits per heavy atom. The van der Waals surface area contributed by atoms with Gasteiger partial charge in [0.15, 0.2) is 0 Å². The Bertz CT molecular complexity index is 322. The molecule has 2 unspecified atom stereocenters. The second-order valence-corrected chi connectivity index (χ2v) is 7.88. The molecule has 0 aromatic rings. The predicted molar refractivity (Wildman–Crippen MR) is 93.5 cm³/mol. The molecule has 0 radical (unpaired) electrons. The molecule has 2 heteroatoms. The van der Waals surface area contributed by atoms with Gasteiger partial charge in [-0.15, -0.1) is 0 Å². The maximum absolute atomic E-state index is 12.4. The van der Waals surface area contributed by atoms with Crippen molar-refractivity contribution in [3.63, 3.8) is 0 Å². The minimum atomic E-state index is -0.607. The first-order chi connectivity index (χ1) is 10.5. The van der Waals surface area contributed by atoms with Gasteiger partial charge >= 0.3 is 0 Å². The van der Waals surface area contributed by atoms with Crippen LogP contribution in [0.1, 0.15) is 98.3 Å². The van der Waals surface area contributed by atoms with E-state index in [0.29, 0.717) is 0 Å². The molecule has 1 rings (SSSR count). The molecule has 0 aromatic carbocycles. The fourth-order valence-corrected chi connectivity index (χ4v) is 3.81. The fourth-order valence-electron chi connectivity index (χ4n) is 3.81. The van der Waals surface area contributed by atoms with Gasteiger partial charge in [0, 0.05) is 0 Å². The van der Waals surface area contributed by atoms with E-state index in [-0.39, 0.29) is 0 Å². The molecule has 0 saturated heterocycles. The van der Waals surface area contributed by atoms with E-state index >= 15 is 0 Å². The summed E-state index contributed by atoms with van der Waals surface area (Å²) in [4.78, 5) is 4.03. The van der Waals surface area contributed by atoms with Gasteiger partial charge in [0.05, 0.1) is 0 Å². The summed E-state index contributed by atoms with van der Waals surface area (Å²) < 4.78 is 12.4. The van der Waals surface area contributed by atoms with Gasteiger partial charge < -0.3 is 0 Å². The summed E-state index contributed by atoms with van der Waals surface area (Å²) in [5.41, 5.74) is 1.08. The summed E-state index contributed by atoms with van der Waals surface area (Å²) in [5, 5.41) is 0. The van der Waals surface area contributed by atoms with Crippen molar-refractivity contribution in [1.82, 2.24) is 0 Å². The van der Waals surface area contributed by atoms with Gasteiger partial charge in [-0.05, 0) is 75.2 Å². The lowest BCUT2D eigenvalue weighted by Crippen LogP contribution is -2.20. The fraction of sp³-hybridized carbons (Fsp3) is 0.900. The number of halogens is 1. The summed E-state index contributed by atoms with van der Waals surface area (Å²) in [6.45, 7) is 8.34. The zero-order chi connectivity index (χ0) is 16.4. The summed E-state index contributed by atoms with van der Waals surface area (Å²) in [6.07, 6.45) is 16.1. The molecule has 1 nitrogen and oxygen atoms in total. The SMILES string of the molecule is CC/C=C1\CCCC(C)C(CCCCC(C)(C)OF)CCC1. The zero-order valence-corrected chi connectivity index (χ0v) is 15.3. The largest absolute Gasteiger partial charge is 0.188 e. The number of hydrogen-bond acceptors (Lipinski definition) is 1. The van der Waals surface area contributed by atoms with Crippen molar-refractivity contribution in [2.24, 2.45) is 11.8 Å². The Labute approximate surface area is 137 Å². The molecule has 1 saturated carbocycles. The van der Waals surface area contributed by atoms with Crippen LogP contribution in [0.3, 0.4) is 0 Å². The van der Waals surface area contributed by atoms with Gasteiger partial charge in [-0.3, -0.25) is 0 Å². The average Bonchev–Trinajstić information content (AvgIpc) is 2.56. The molecule has 0 spiro atoms. The van der Waals surface area contributed by atoms with Crippen LogP contribution < -0.4 is 0 Å². The van der Waals surface area contributed by atoms with E-state index in [9.17, 15) is 4.53 Å². The second kappa shape index (κ2) is 10.4. The quantitative estimate of drug-likeness (QED) is 0.357. The molecule has 1 aliphatic rings. The normalized spacial score (nSPS) is 26.5. The lowest BCUT2D eigenvalue weighted by Gasteiger charge is -2.24. The van der Waals surface area contributed by atoms with E-state index in [2.05, 4.69) is 24.9 Å². The molecule has 2 atom stereocenters. The molecular weight excluding hydrogens is 275 g/mol. The molecule has 1 aliphatic carbocycles. The highest BCUT2D eigenvalue weighted by Crippen LogP contribution is 2.32. The molecule has 1 fully saturated rings. The van der Waals surface area contributed by atoms with E-state index in [1.54, 1.807) is 5.57 Å². The van der Waals surface area contributed by atoms with Crippen LogP contribution in [-0.2, 0) is 4.94 Å². The van der Waals surface area contributed by atoms with Crippen LogP contribution in [0, 0.1) is 11.8 Å². The summed E-state index contributed by atoms with van der Waals surface area (Å²) in [7, 11) is 0. The van der Waals surface area contributed by atoms with E-state index in [1.165, 1.54) is 57.8 Å². The smallest absolute Gasteiger partial charge is 0.103 e. The van der Waals surface area contributed by atoms with Crippen molar-refractivity contribution < 1.29 is 9.47 Å². The molecular formula is C20H37FO.